The Hall–Kier alpha value is -4.39. The molecule has 0 bridgehead atoms. The zero-order valence-corrected chi connectivity index (χ0v) is 14.6. The maximum atomic E-state index is 12.0. The third-order valence-electron chi connectivity index (χ3n) is 3.39. The Morgan fingerprint density at radius 1 is 1.18 bits per heavy atom. The lowest BCUT2D eigenvalue weighted by molar-refractivity contribution is -0.384. The highest BCUT2D eigenvalue weighted by atomic mass is 16.6. The molecule has 0 atom stereocenters. The molecule has 10 heteroatoms. The van der Waals surface area contributed by atoms with E-state index in [0.717, 1.165) is 0 Å². The zero-order valence-electron chi connectivity index (χ0n) is 14.6. The molecule has 3 amide bonds. The van der Waals surface area contributed by atoms with Gasteiger partial charge in [0, 0.05) is 17.8 Å². The van der Waals surface area contributed by atoms with Crippen molar-refractivity contribution < 1.29 is 19.2 Å². The van der Waals surface area contributed by atoms with E-state index in [1.165, 1.54) is 37.5 Å². The minimum atomic E-state index is -0.876. The highest BCUT2D eigenvalue weighted by Crippen LogP contribution is 2.16. The van der Waals surface area contributed by atoms with Crippen LogP contribution in [0.1, 0.15) is 5.56 Å². The lowest BCUT2D eigenvalue weighted by atomic mass is 10.1. The number of carbonyl (C=O) groups excluding carboxylic acids is 2. The molecule has 0 saturated carbocycles. The lowest BCUT2D eigenvalue weighted by Crippen LogP contribution is -2.44. The summed E-state index contributed by atoms with van der Waals surface area (Å²) in [5.74, 6) is -0.261. The number of ether oxygens (including phenoxy) is 1. The fourth-order valence-electron chi connectivity index (χ4n) is 2.06. The number of nitro benzene ring substituents is 1. The number of nitrogens with zero attached hydrogens (tertiary/aromatic N) is 2. The number of nitro groups is 1. The van der Waals surface area contributed by atoms with Gasteiger partial charge in [0.1, 0.15) is 17.4 Å². The van der Waals surface area contributed by atoms with Gasteiger partial charge in [0.2, 0.25) is 0 Å². The van der Waals surface area contributed by atoms with Crippen LogP contribution in [0.25, 0.3) is 6.08 Å². The minimum absolute atomic E-state index is 0.177. The Kier molecular flexibility index (Phi) is 6.65. The third-order valence-corrected chi connectivity index (χ3v) is 3.39. The van der Waals surface area contributed by atoms with E-state index in [9.17, 15) is 19.7 Å². The van der Waals surface area contributed by atoms with Crippen molar-refractivity contribution in [3.05, 3.63) is 69.8 Å². The molecular weight excluding hydrogens is 366 g/mol. The highest BCUT2D eigenvalue weighted by molar-refractivity contribution is 6.03. The molecule has 142 valence electrons. The summed E-state index contributed by atoms with van der Waals surface area (Å²) < 4.78 is 5.00. The van der Waals surface area contributed by atoms with Crippen molar-refractivity contribution in [1.82, 2.24) is 10.9 Å². The number of carbonyl (C=O) groups is 2. The maximum Gasteiger partial charge on any atom is 0.337 e. The first-order chi connectivity index (χ1) is 13.4. The third kappa shape index (κ3) is 5.57. The number of anilines is 1. The van der Waals surface area contributed by atoms with Gasteiger partial charge in [-0.1, -0.05) is 12.1 Å². The SMILES string of the molecule is COc1ccc(NC(=O)NNC(=O)C(C#N)=Cc2cccc([N+](=O)[O-])c2)cc1. The number of benzene rings is 2. The summed E-state index contributed by atoms with van der Waals surface area (Å²) in [5, 5.41) is 22.4. The van der Waals surface area contributed by atoms with Crippen LogP contribution in [0, 0.1) is 21.4 Å². The van der Waals surface area contributed by atoms with Crippen LogP contribution in [0.5, 0.6) is 5.75 Å². The van der Waals surface area contributed by atoms with Crippen molar-refractivity contribution in [1.29, 1.82) is 5.26 Å². The van der Waals surface area contributed by atoms with Gasteiger partial charge in [-0.2, -0.15) is 5.26 Å². The predicted octanol–water partition coefficient (Wildman–Crippen LogP) is 2.36. The van der Waals surface area contributed by atoms with Gasteiger partial charge in [-0.05, 0) is 35.9 Å². The van der Waals surface area contributed by atoms with Crippen LogP contribution in [-0.2, 0) is 4.79 Å². The average molecular weight is 381 g/mol. The normalized spacial score (nSPS) is 10.4. The molecule has 0 heterocycles. The topological polar surface area (TPSA) is 146 Å². The maximum absolute atomic E-state index is 12.0. The molecule has 10 nitrogen and oxygen atoms in total. The van der Waals surface area contributed by atoms with E-state index in [2.05, 4.69) is 16.2 Å². The Labute approximate surface area is 159 Å². The van der Waals surface area contributed by atoms with Crippen molar-refractivity contribution in [2.45, 2.75) is 0 Å². The second-order valence-corrected chi connectivity index (χ2v) is 5.28. The van der Waals surface area contributed by atoms with Crippen molar-refractivity contribution in [3.8, 4) is 11.8 Å². The van der Waals surface area contributed by atoms with Crippen molar-refractivity contribution >= 4 is 29.4 Å². The summed E-state index contributed by atoms with van der Waals surface area (Å²) in [5.41, 5.74) is 4.43. The van der Waals surface area contributed by atoms with Crippen LogP contribution >= 0.6 is 0 Å². The second-order valence-electron chi connectivity index (χ2n) is 5.28. The van der Waals surface area contributed by atoms with E-state index in [0.29, 0.717) is 17.0 Å². The summed E-state index contributed by atoms with van der Waals surface area (Å²) in [6.45, 7) is 0. The number of hydrazine groups is 1. The van der Waals surface area contributed by atoms with E-state index in [-0.39, 0.29) is 11.3 Å². The van der Waals surface area contributed by atoms with Gasteiger partial charge in [0.05, 0.1) is 12.0 Å². The molecule has 0 aliphatic carbocycles. The molecule has 0 aliphatic rings. The monoisotopic (exact) mass is 381 g/mol. The van der Waals surface area contributed by atoms with Gasteiger partial charge >= 0.3 is 6.03 Å². The number of nitriles is 1. The van der Waals surface area contributed by atoms with E-state index in [1.54, 1.807) is 30.3 Å². The number of rotatable bonds is 5. The number of non-ortho nitro benzene ring substituents is 1. The van der Waals surface area contributed by atoms with Crippen molar-refractivity contribution in [2.75, 3.05) is 12.4 Å². The summed E-state index contributed by atoms with van der Waals surface area (Å²) in [6.07, 6.45) is 1.17. The lowest BCUT2D eigenvalue weighted by Gasteiger charge is -2.09. The Balaban J connectivity index is 1.97. The van der Waals surface area contributed by atoms with E-state index < -0.39 is 16.9 Å². The fourth-order valence-corrected chi connectivity index (χ4v) is 2.06. The molecule has 0 unspecified atom stereocenters. The first-order valence-electron chi connectivity index (χ1n) is 7.80. The van der Waals surface area contributed by atoms with Crippen LogP contribution in [-0.4, -0.2) is 24.0 Å². The van der Waals surface area contributed by atoms with Crippen LogP contribution in [0.15, 0.2) is 54.1 Å². The Bertz CT molecular complexity index is 963. The predicted molar refractivity (Wildman–Crippen MR) is 100.0 cm³/mol. The molecule has 0 aromatic heterocycles. The zero-order chi connectivity index (χ0) is 20.5. The van der Waals surface area contributed by atoms with Gasteiger partial charge in [-0.15, -0.1) is 0 Å². The van der Waals surface area contributed by atoms with Crippen LogP contribution in [0.4, 0.5) is 16.2 Å². The van der Waals surface area contributed by atoms with Gasteiger partial charge < -0.3 is 10.1 Å². The van der Waals surface area contributed by atoms with Crippen LogP contribution in [0.3, 0.4) is 0 Å². The van der Waals surface area contributed by atoms with Crippen molar-refractivity contribution in [2.24, 2.45) is 0 Å². The van der Waals surface area contributed by atoms with Gasteiger partial charge in [0.15, 0.2) is 0 Å². The molecule has 0 saturated heterocycles. The molecule has 2 rings (SSSR count). The molecular formula is C18H15N5O5. The standard InChI is InChI=1S/C18H15N5O5/c1-28-16-7-5-14(6-8-16)20-18(25)22-21-17(24)13(11-19)9-12-3-2-4-15(10-12)23(26)27/h2-10H,1H3,(H,21,24)(H2,20,22,25). The van der Waals surface area contributed by atoms with Gasteiger partial charge in [-0.25, -0.2) is 10.2 Å². The van der Waals surface area contributed by atoms with E-state index in [4.69, 9.17) is 10.00 Å². The Morgan fingerprint density at radius 3 is 2.50 bits per heavy atom. The first-order valence-corrected chi connectivity index (χ1v) is 7.80. The molecule has 0 radical (unpaired) electrons. The number of amides is 3. The van der Waals surface area contributed by atoms with Crippen molar-refractivity contribution in [3.63, 3.8) is 0 Å². The quantitative estimate of drug-likeness (QED) is 0.314. The fraction of sp³-hybridized carbons (Fsp3) is 0.0556. The van der Waals surface area contributed by atoms with Gasteiger partial charge in [0.25, 0.3) is 11.6 Å². The van der Waals surface area contributed by atoms with E-state index in [1.807, 2.05) is 0 Å². The number of urea groups is 1. The smallest absolute Gasteiger partial charge is 0.337 e. The molecule has 3 N–H and O–H groups in total. The highest BCUT2D eigenvalue weighted by Gasteiger charge is 2.12. The van der Waals surface area contributed by atoms with Gasteiger partial charge in [-0.3, -0.25) is 20.3 Å². The molecule has 2 aromatic rings. The van der Waals surface area contributed by atoms with Crippen LogP contribution in [0.2, 0.25) is 0 Å². The molecule has 28 heavy (non-hydrogen) atoms. The number of hydrogen-bond acceptors (Lipinski definition) is 6. The first kappa shape index (κ1) is 19.9. The molecule has 0 aliphatic heterocycles. The second kappa shape index (κ2) is 9.35. The Morgan fingerprint density at radius 2 is 1.89 bits per heavy atom. The number of methoxy groups -OCH3 is 1. The average Bonchev–Trinajstić information content (AvgIpc) is 2.71. The summed E-state index contributed by atoms with van der Waals surface area (Å²) in [6, 6.07) is 12.9. The van der Waals surface area contributed by atoms with E-state index >= 15 is 0 Å². The summed E-state index contributed by atoms with van der Waals surface area (Å²) in [7, 11) is 1.51. The molecule has 2 aromatic carbocycles. The number of nitrogens with one attached hydrogen (secondary N) is 3. The minimum Gasteiger partial charge on any atom is -0.497 e. The largest absolute Gasteiger partial charge is 0.497 e. The summed E-state index contributed by atoms with van der Waals surface area (Å²) >= 11 is 0. The molecule has 0 fully saturated rings. The molecule has 0 spiro atoms. The summed E-state index contributed by atoms with van der Waals surface area (Å²) in [4.78, 5) is 34.1. The number of hydrogen-bond donors (Lipinski definition) is 3. The van der Waals surface area contributed by atoms with Crippen LogP contribution < -0.4 is 20.9 Å².